The second-order valence-electron chi connectivity index (χ2n) is 11.4. The summed E-state index contributed by atoms with van der Waals surface area (Å²) in [6.45, 7) is 14.6. The third-order valence-corrected chi connectivity index (χ3v) is 21.5. The molecule has 0 radical (unpaired) electrons. The summed E-state index contributed by atoms with van der Waals surface area (Å²) in [5.41, 5.74) is 6.85. The number of nitrogens with zero attached hydrogens (tertiary/aromatic N) is 1. The number of carbonyl (C=O) groups excluding carboxylic acids is 1. The molecule has 2 fully saturated rings. The van der Waals surface area contributed by atoms with Crippen molar-refractivity contribution in [3.8, 4) is 5.69 Å². The van der Waals surface area contributed by atoms with E-state index in [1.54, 1.807) is 10.6 Å². The van der Waals surface area contributed by atoms with E-state index in [4.69, 9.17) is 0 Å². The van der Waals surface area contributed by atoms with Crippen LogP contribution < -0.4 is 15.7 Å². The number of aromatic nitrogens is 1. The van der Waals surface area contributed by atoms with Crippen LogP contribution in [0.5, 0.6) is 0 Å². The minimum atomic E-state index is -2.04. The van der Waals surface area contributed by atoms with Crippen molar-refractivity contribution in [1.82, 2.24) is 9.65 Å². The van der Waals surface area contributed by atoms with Crippen molar-refractivity contribution in [3.05, 3.63) is 41.7 Å². The molecule has 0 amide bonds. The molecule has 5 rings (SSSR count). The van der Waals surface area contributed by atoms with Gasteiger partial charge in [-0.05, 0) is 97.8 Å². The number of thioether (sulfide) groups is 1. The Morgan fingerprint density at radius 2 is 1.43 bits per heavy atom. The molecular weight excluding hydrogens is 486 g/mol. The summed E-state index contributed by atoms with van der Waals surface area (Å²) in [4.78, 5) is 15.0. The highest BCUT2D eigenvalue weighted by atomic mass is 32.2. The van der Waals surface area contributed by atoms with Crippen LogP contribution in [0.2, 0.25) is 0 Å². The minimum absolute atomic E-state index is 0.0199. The number of para-hydroxylation sites is 1. The summed E-state index contributed by atoms with van der Waals surface area (Å²) >= 11 is 1.89. The number of hydrogen-bond acceptors (Lipinski definition) is 3. The molecule has 3 aliphatic heterocycles. The molecule has 0 saturated carbocycles. The van der Waals surface area contributed by atoms with E-state index in [2.05, 4.69) is 87.8 Å². The highest BCUT2D eigenvalue weighted by molar-refractivity contribution is 8.00. The lowest BCUT2D eigenvalue weighted by Gasteiger charge is -2.32. The summed E-state index contributed by atoms with van der Waals surface area (Å²) in [5, 5.41) is 7.50. The lowest BCUT2D eigenvalue weighted by Crippen LogP contribution is -2.43. The SMILES string of the molecule is CSCC[C@@H]1N[P+]2(c3c(c(C)n(-c4ccccc4)c3C)[P+]3(C1=O)[C@H](C)CC[C@H]3C)[C@H](C)CC[C@H]2C. The van der Waals surface area contributed by atoms with Crippen LogP contribution in [-0.2, 0) is 4.79 Å². The first-order valence-electron chi connectivity index (χ1n) is 13.6. The van der Waals surface area contributed by atoms with Crippen LogP contribution in [0.15, 0.2) is 30.3 Å². The molecule has 0 aliphatic carbocycles. The Morgan fingerprint density at radius 3 is 2.00 bits per heavy atom. The molecule has 3 nitrogen and oxygen atoms in total. The van der Waals surface area contributed by atoms with E-state index in [0.717, 1.165) is 12.2 Å². The molecule has 1 N–H and O–H groups in total. The van der Waals surface area contributed by atoms with Gasteiger partial charge in [0.15, 0.2) is 10.6 Å². The van der Waals surface area contributed by atoms with Crippen LogP contribution in [0.25, 0.3) is 5.69 Å². The topological polar surface area (TPSA) is 34.0 Å². The summed E-state index contributed by atoms with van der Waals surface area (Å²) in [7, 11) is -3.80. The fourth-order valence-electron chi connectivity index (χ4n) is 8.04. The van der Waals surface area contributed by atoms with Crippen molar-refractivity contribution in [2.24, 2.45) is 0 Å². The normalized spacial score (nSPS) is 31.3. The Labute approximate surface area is 218 Å². The maximum absolute atomic E-state index is 15.0. The average Bonchev–Trinajstić information content (AvgIpc) is 3.37. The van der Waals surface area contributed by atoms with Crippen LogP contribution in [0.1, 0.15) is 71.2 Å². The molecule has 2 aromatic rings. The zero-order chi connectivity index (χ0) is 25.1. The van der Waals surface area contributed by atoms with Gasteiger partial charge in [0.05, 0.1) is 34.0 Å². The Bertz CT molecular complexity index is 1090. The van der Waals surface area contributed by atoms with E-state index in [-0.39, 0.29) is 6.04 Å². The maximum Gasteiger partial charge on any atom is 0.293 e. The summed E-state index contributed by atoms with van der Waals surface area (Å²) in [6, 6.07) is 10.9. The van der Waals surface area contributed by atoms with Gasteiger partial charge in [0.1, 0.15) is 20.7 Å². The summed E-state index contributed by atoms with van der Waals surface area (Å²) in [5.74, 6) is 1.06. The van der Waals surface area contributed by atoms with Crippen molar-refractivity contribution in [2.75, 3.05) is 12.0 Å². The maximum atomic E-state index is 15.0. The van der Waals surface area contributed by atoms with Gasteiger partial charge in [-0.15, -0.1) is 0 Å². The van der Waals surface area contributed by atoms with E-state index in [0.29, 0.717) is 28.2 Å². The highest BCUT2D eigenvalue weighted by Gasteiger charge is 2.73. The average molecular weight is 531 g/mol. The van der Waals surface area contributed by atoms with Gasteiger partial charge in [-0.1, -0.05) is 18.2 Å². The predicted molar refractivity (Wildman–Crippen MR) is 160 cm³/mol. The molecule has 2 saturated heterocycles. The molecule has 1 aromatic heterocycles. The first kappa shape index (κ1) is 26.0. The number of hydrogen-bond donors (Lipinski definition) is 1. The van der Waals surface area contributed by atoms with Crippen LogP contribution in [0.3, 0.4) is 0 Å². The first-order valence-corrected chi connectivity index (χ1v) is 18.8. The molecule has 6 heteroatoms. The predicted octanol–water partition coefficient (Wildman–Crippen LogP) is 6.69. The lowest BCUT2D eigenvalue weighted by molar-refractivity contribution is -0.113. The van der Waals surface area contributed by atoms with Gasteiger partial charge < -0.3 is 4.57 Å². The molecule has 35 heavy (non-hydrogen) atoms. The third kappa shape index (κ3) is 3.53. The van der Waals surface area contributed by atoms with Gasteiger partial charge in [0.25, 0.3) is 5.52 Å². The van der Waals surface area contributed by atoms with Gasteiger partial charge >= 0.3 is 0 Å². The van der Waals surface area contributed by atoms with Crippen LogP contribution >= 0.6 is 26.4 Å². The monoisotopic (exact) mass is 530 g/mol. The Morgan fingerprint density at radius 1 is 0.886 bits per heavy atom. The Kier molecular flexibility index (Phi) is 7.11. The fourth-order valence-corrected chi connectivity index (χ4v) is 20.8. The number of nitrogens with one attached hydrogen (secondary N) is 1. The second kappa shape index (κ2) is 9.58. The third-order valence-electron chi connectivity index (χ3n) is 9.76. The zero-order valence-corrected chi connectivity index (χ0v) is 25.3. The largest absolute Gasteiger partial charge is 0.310 e. The van der Waals surface area contributed by atoms with Crippen molar-refractivity contribution < 1.29 is 4.79 Å². The molecule has 3 aliphatic rings. The number of rotatable bonds is 4. The number of carbonyl (C=O) groups is 1. The zero-order valence-electron chi connectivity index (χ0n) is 22.7. The van der Waals surface area contributed by atoms with Gasteiger partial charge in [0, 0.05) is 5.69 Å². The first-order chi connectivity index (χ1) is 16.7. The molecule has 1 aromatic carbocycles. The van der Waals surface area contributed by atoms with Gasteiger partial charge in [-0.25, -0.2) is 0 Å². The molecular formula is C29H44N2OP2S+2. The highest BCUT2D eigenvalue weighted by Crippen LogP contribution is 2.79. The Hall–Kier alpha value is -0.660. The van der Waals surface area contributed by atoms with Crippen molar-refractivity contribution in [3.63, 3.8) is 0 Å². The number of benzene rings is 1. The van der Waals surface area contributed by atoms with E-state index >= 15 is 4.79 Å². The smallest absolute Gasteiger partial charge is 0.293 e. The minimum Gasteiger partial charge on any atom is -0.310 e. The molecule has 0 bridgehead atoms. The molecule has 2 spiro atoms. The summed E-state index contributed by atoms with van der Waals surface area (Å²) in [6.07, 6.45) is 8.10. The number of fused-ring (bicyclic) bond motifs is 3. The fraction of sp³-hybridized carbons (Fsp3) is 0.621. The van der Waals surface area contributed by atoms with Gasteiger partial charge in [-0.3, -0.25) is 4.79 Å². The van der Waals surface area contributed by atoms with Gasteiger partial charge in [-0.2, -0.15) is 16.8 Å². The van der Waals surface area contributed by atoms with Gasteiger partial charge in [0.2, 0.25) is 0 Å². The second-order valence-corrected chi connectivity index (χ2v) is 20.7. The van der Waals surface area contributed by atoms with Crippen molar-refractivity contribution >= 4 is 42.6 Å². The van der Waals surface area contributed by atoms with Crippen LogP contribution in [0, 0.1) is 13.8 Å². The Balaban J connectivity index is 1.89. The van der Waals surface area contributed by atoms with E-state index in [1.165, 1.54) is 42.8 Å². The van der Waals surface area contributed by atoms with Crippen LogP contribution in [-0.4, -0.2) is 50.8 Å². The van der Waals surface area contributed by atoms with E-state index in [9.17, 15) is 0 Å². The van der Waals surface area contributed by atoms with E-state index < -0.39 is 14.7 Å². The van der Waals surface area contributed by atoms with Crippen LogP contribution in [0.4, 0.5) is 0 Å². The molecule has 190 valence electrons. The molecule has 0 unspecified atom stereocenters. The quantitative estimate of drug-likeness (QED) is 0.448. The van der Waals surface area contributed by atoms with Crippen molar-refractivity contribution in [1.29, 1.82) is 0 Å². The molecule has 5 atom stereocenters. The van der Waals surface area contributed by atoms with Crippen molar-refractivity contribution in [2.45, 2.75) is 102 Å². The standard InChI is InChI=1S/C29H44N2OP2S/c1-19-13-14-20(2)33(19)27-23(5)31(25-11-9-8-10-12-25)24(6)28(27)34(21(3)15-16-22(34)4)30-26(29(33)32)17-18-35-7/h8-12,19-22,26,30H,13-18H2,1-7H3/q+2/t19-,20-,21-,22-,26+/m1/s1. The summed E-state index contributed by atoms with van der Waals surface area (Å²) < 4.78 is 2.53. The lowest BCUT2D eigenvalue weighted by atomic mass is 10.2. The van der Waals surface area contributed by atoms with E-state index in [1.807, 2.05) is 11.8 Å². The molecule has 4 heterocycles.